The molecule has 0 saturated heterocycles. The molecule has 0 unspecified atom stereocenters. The van der Waals surface area contributed by atoms with Crippen LogP contribution in [0.4, 0.5) is 5.69 Å². The molecular weight excluding hydrogens is 252 g/mol. The molecule has 0 aliphatic carbocycles. The third-order valence-corrected chi connectivity index (χ3v) is 3.23. The number of amides is 1. The van der Waals surface area contributed by atoms with Crippen LogP contribution in [-0.2, 0) is 0 Å². The molecular formula is C15H20N4O. The average Bonchev–Trinajstić information content (AvgIpc) is 2.46. The Morgan fingerprint density at radius 2 is 2.15 bits per heavy atom. The van der Waals surface area contributed by atoms with Crippen molar-refractivity contribution in [2.45, 2.75) is 6.42 Å². The van der Waals surface area contributed by atoms with Gasteiger partial charge in [0.25, 0.3) is 5.91 Å². The lowest BCUT2D eigenvalue weighted by Crippen LogP contribution is -2.30. The van der Waals surface area contributed by atoms with Gasteiger partial charge in [-0.25, -0.2) is 4.98 Å². The molecule has 0 atom stereocenters. The van der Waals surface area contributed by atoms with Gasteiger partial charge in [0.2, 0.25) is 0 Å². The minimum Gasteiger partial charge on any atom is -0.398 e. The Bertz CT molecular complexity index is 612. The standard InChI is InChI=1S/C15H20N4O/c1-17-8-5-9-19(2)15(20)14-10-12(16)11-6-3-4-7-13(11)18-14/h3-4,6-7,10,17H,5,8-9H2,1-2H3,(H2,16,18). The molecule has 2 rings (SSSR count). The Balaban J connectivity index is 2.22. The summed E-state index contributed by atoms with van der Waals surface area (Å²) in [4.78, 5) is 18.4. The van der Waals surface area contributed by atoms with Crippen molar-refractivity contribution in [3.63, 3.8) is 0 Å². The van der Waals surface area contributed by atoms with E-state index >= 15 is 0 Å². The van der Waals surface area contributed by atoms with Crippen LogP contribution in [0.15, 0.2) is 30.3 Å². The molecule has 0 saturated carbocycles. The second-order valence-electron chi connectivity index (χ2n) is 4.80. The zero-order valence-corrected chi connectivity index (χ0v) is 11.9. The van der Waals surface area contributed by atoms with Gasteiger partial charge in [0, 0.05) is 24.7 Å². The highest BCUT2D eigenvalue weighted by molar-refractivity contribution is 5.99. The maximum absolute atomic E-state index is 12.3. The summed E-state index contributed by atoms with van der Waals surface area (Å²) >= 11 is 0. The molecule has 1 heterocycles. The summed E-state index contributed by atoms with van der Waals surface area (Å²) in [6.07, 6.45) is 0.905. The predicted molar refractivity (Wildman–Crippen MR) is 81.7 cm³/mol. The minimum atomic E-state index is -0.0986. The van der Waals surface area contributed by atoms with Gasteiger partial charge in [-0.15, -0.1) is 0 Å². The zero-order valence-electron chi connectivity index (χ0n) is 11.9. The molecule has 1 aromatic carbocycles. The maximum atomic E-state index is 12.3. The van der Waals surface area contributed by atoms with E-state index in [1.165, 1.54) is 0 Å². The molecule has 0 spiro atoms. The highest BCUT2D eigenvalue weighted by Crippen LogP contribution is 2.20. The Labute approximate surface area is 118 Å². The van der Waals surface area contributed by atoms with Crippen LogP contribution in [0.25, 0.3) is 10.9 Å². The normalized spacial score (nSPS) is 10.7. The second-order valence-corrected chi connectivity index (χ2v) is 4.80. The number of nitrogens with two attached hydrogens (primary N) is 1. The highest BCUT2D eigenvalue weighted by atomic mass is 16.2. The van der Waals surface area contributed by atoms with Gasteiger partial charge in [0.1, 0.15) is 5.69 Å². The number of anilines is 1. The third-order valence-electron chi connectivity index (χ3n) is 3.23. The van der Waals surface area contributed by atoms with Crippen LogP contribution in [0.2, 0.25) is 0 Å². The van der Waals surface area contributed by atoms with Gasteiger partial charge in [-0.3, -0.25) is 4.79 Å². The fourth-order valence-corrected chi connectivity index (χ4v) is 2.10. The van der Waals surface area contributed by atoms with E-state index in [9.17, 15) is 4.79 Å². The molecule has 106 valence electrons. The van der Waals surface area contributed by atoms with Gasteiger partial charge >= 0.3 is 0 Å². The molecule has 0 aliphatic rings. The third kappa shape index (κ3) is 3.05. The number of rotatable bonds is 5. The molecule has 2 aromatic rings. The first kappa shape index (κ1) is 14.3. The number of nitrogens with one attached hydrogen (secondary N) is 1. The van der Waals surface area contributed by atoms with Gasteiger partial charge in [-0.05, 0) is 32.1 Å². The molecule has 20 heavy (non-hydrogen) atoms. The molecule has 3 N–H and O–H groups in total. The van der Waals surface area contributed by atoms with Crippen molar-refractivity contribution in [2.75, 3.05) is 32.9 Å². The fourth-order valence-electron chi connectivity index (χ4n) is 2.10. The van der Waals surface area contributed by atoms with Crippen molar-refractivity contribution in [3.8, 4) is 0 Å². The largest absolute Gasteiger partial charge is 0.398 e. The lowest BCUT2D eigenvalue weighted by Gasteiger charge is -2.17. The summed E-state index contributed by atoms with van der Waals surface area (Å²) in [5, 5.41) is 3.94. The van der Waals surface area contributed by atoms with Crippen molar-refractivity contribution in [1.29, 1.82) is 0 Å². The molecule has 0 aliphatic heterocycles. The molecule has 5 nitrogen and oxygen atoms in total. The van der Waals surface area contributed by atoms with Crippen LogP contribution < -0.4 is 11.1 Å². The van der Waals surface area contributed by atoms with Crippen molar-refractivity contribution in [3.05, 3.63) is 36.0 Å². The number of fused-ring (bicyclic) bond motifs is 1. The van der Waals surface area contributed by atoms with Crippen molar-refractivity contribution in [1.82, 2.24) is 15.2 Å². The van der Waals surface area contributed by atoms with E-state index < -0.39 is 0 Å². The van der Waals surface area contributed by atoms with Crippen LogP contribution in [0, 0.1) is 0 Å². The summed E-state index contributed by atoms with van der Waals surface area (Å²) in [5.41, 5.74) is 7.73. The summed E-state index contributed by atoms with van der Waals surface area (Å²) in [6.45, 7) is 1.57. The molecule has 5 heteroatoms. The Kier molecular flexibility index (Phi) is 4.53. The summed E-state index contributed by atoms with van der Waals surface area (Å²) in [6, 6.07) is 9.22. The van der Waals surface area contributed by atoms with E-state index in [1.54, 1.807) is 18.0 Å². The quantitative estimate of drug-likeness (QED) is 0.809. The van der Waals surface area contributed by atoms with E-state index in [1.807, 2.05) is 31.3 Å². The van der Waals surface area contributed by atoms with Crippen LogP contribution in [0.5, 0.6) is 0 Å². The van der Waals surface area contributed by atoms with Gasteiger partial charge in [-0.1, -0.05) is 18.2 Å². The van der Waals surface area contributed by atoms with E-state index in [0.717, 1.165) is 23.9 Å². The number of carbonyl (C=O) groups excluding carboxylic acids is 1. The Hall–Kier alpha value is -2.14. The van der Waals surface area contributed by atoms with Gasteiger partial charge in [0.05, 0.1) is 5.52 Å². The van der Waals surface area contributed by atoms with Gasteiger partial charge in [-0.2, -0.15) is 0 Å². The van der Waals surface area contributed by atoms with Crippen LogP contribution in [0.3, 0.4) is 0 Å². The molecule has 0 radical (unpaired) electrons. The summed E-state index contributed by atoms with van der Waals surface area (Å²) < 4.78 is 0. The van der Waals surface area contributed by atoms with E-state index in [4.69, 9.17) is 5.73 Å². The van der Waals surface area contributed by atoms with Gasteiger partial charge < -0.3 is 16.0 Å². The molecule has 0 fully saturated rings. The number of carbonyl (C=O) groups is 1. The molecule has 0 bridgehead atoms. The smallest absolute Gasteiger partial charge is 0.272 e. The number of benzene rings is 1. The van der Waals surface area contributed by atoms with Crippen LogP contribution in [-0.4, -0.2) is 43.0 Å². The van der Waals surface area contributed by atoms with E-state index in [2.05, 4.69) is 10.3 Å². The van der Waals surface area contributed by atoms with Gasteiger partial charge in [0.15, 0.2) is 0 Å². The average molecular weight is 272 g/mol. The zero-order chi connectivity index (χ0) is 14.5. The summed E-state index contributed by atoms with van der Waals surface area (Å²) in [5.74, 6) is -0.0986. The number of hydrogen-bond acceptors (Lipinski definition) is 4. The number of nitrogen functional groups attached to an aromatic ring is 1. The number of hydrogen-bond donors (Lipinski definition) is 2. The van der Waals surface area contributed by atoms with Crippen molar-refractivity contribution < 1.29 is 4.79 Å². The Morgan fingerprint density at radius 3 is 2.90 bits per heavy atom. The number of nitrogens with zero attached hydrogens (tertiary/aromatic N) is 2. The van der Waals surface area contributed by atoms with Crippen LogP contribution >= 0.6 is 0 Å². The topological polar surface area (TPSA) is 71.2 Å². The van der Waals surface area contributed by atoms with E-state index in [0.29, 0.717) is 17.9 Å². The van der Waals surface area contributed by atoms with Crippen LogP contribution in [0.1, 0.15) is 16.9 Å². The highest BCUT2D eigenvalue weighted by Gasteiger charge is 2.14. The number of aromatic nitrogens is 1. The van der Waals surface area contributed by atoms with E-state index in [-0.39, 0.29) is 5.91 Å². The molecule has 1 amide bonds. The second kappa shape index (κ2) is 6.34. The number of pyridine rings is 1. The maximum Gasteiger partial charge on any atom is 0.272 e. The van der Waals surface area contributed by atoms with Crippen molar-refractivity contribution in [2.24, 2.45) is 0 Å². The predicted octanol–water partition coefficient (Wildman–Crippen LogP) is 1.50. The monoisotopic (exact) mass is 272 g/mol. The summed E-state index contributed by atoms with van der Waals surface area (Å²) in [7, 11) is 3.68. The lowest BCUT2D eigenvalue weighted by molar-refractivity contribution is 0.0788. The lowest BCUT2D eigenvalue weighted by atomic mass is 10.1. The fraction of sp³-hybridized carbons (Fsp3) is 0.333. The Morgan fingerprint density at radius 1 is 1.40 bits per heavy atom. The number of para-hydroxylation sites is 1. The SMILES string of the molecule is CNCCCN(C)C(=O)c1cc(N)c2ccccc2n1. The van der Waals surface area contributed by atoms with Crippen molar-refractivity contribution >= 4 is 22.5 Å². The molecule has 1 aromatic heterocycles. The first-order valence-corrected chi connectivity index (χ1v) is 6.69. The minimum absolute atomic E-state index is 0.0986. The first-order valence-electron chi connectivity index (χ1n) is 6.69. The first-order chi connectivity index (χ1) is 9.63.